The van der Waals surface area contributed by atoms with Crippen molar-refractivity contribution in [2.24, 2.45) is 0 Å². The molecule has 536 valence electrons. The van der Waals surface area contributed by atoms with E-state index < -0.39 is 261 Å². The van der Waals surface area contributed by atoms with Gasteiger partial charge in [-0.3, -0.25) is 67.9 Å². The van der Waals surface area contributed by atoms with E-state index in [0.29, 0.717) is 6.92 Å². The molecule has 4 heterocycles. The standard InChI is InChI=1S/C25H42N2O53S11.13Na/c1-4-9(66-89(44,45)46)17(67-90(47,48)49)15(18(55-4)21(28)29)60-23-7(26-81-75-69-32)12(63-84-78-72-35)10(5(56-23)2-53-87(38,39)40)58-25-20(68-91(50,51)52)16(65-86-80-74-37)14(19(61-25)22(30)31)59-24-8(27-82-76-70-33)13(64-85-79-73-36)11(62-83-77-71-34)6(57-24)3-54-88(41,42)43;;;;;;;;;;;;;/h4-20,23-27,32-37H,2-3H2,1H3,(H,28,29)(H,30,31)(H,38,39,40)(H,41,42,43)(H,44,45,46)(H,47,48,49)(H,50,51,52);;;;;;;;;;;;;/q;13*+1/p-13/t4-,5?,6?,7?,8?,9?,10+,11+,12-,13-,14-,15+,16+,17?,18-,19?,20?,23+,24+,25-;;;;;;;;;;;;;/m1............./s1. The van der Waals surface area contributed by atoms with Crippen molar-refractivity contribution in [1.82, 2.24) is 9.44 Å². The Kier molecular flexibility index (Phi) is 92.3. The number of nitrogens with one attached hydrogen (secondary N) is 2. The van der Waals surface area contributed by atoms with E-state index in [-0.39, 0.29) is 396 Å². The van der Waals surface area contributed by atoms with Crippen molar-refractivity contribution in [2.45, 2.75) is 129 Å². The van der Waals surface area contributed by atoms with Gasteiger partial charge in [0.25, 0.3) is 0 Å². The maximum atomic E-state index is 13.3. The normalized spacial score (nSPS) is 28.9. The second-order valence-corrected chi connectivity index (χ2v) is 23.9. The predicted octanol–water partition coefficient (Wildman–Crippen LogP) is -54.7. The maximum absolute atomic E-state index is 13.3. The fourth-order valence-corrected chi connectivity index (χ4v) is 12.2. The summed E-state index contributed by atoms with van der Waals surface area (Å²) in [5.41, 5.74) is 0. The van der Waals surface area contributed by atoms with Gasteiger partial charge in [0.15, 0.2) is 74.3 Å². The van der Waals surface area contributed by atoms with Crippen molar-refractivity contribution >= 4 is 138 Å². The van der Waals surface area contributed by atoms with Gasteiger partial charge in [-0.05, 0) is 6.92 Å². The van der Waals surface area contributed by atoms with Crippen LogP contribution in [-0.4, -0.2) is 213 Å². The fraction of sp³-hybridized carbons (Fsp3) is 0.920. The number of aliphatic carboxylic acids is 2. The van der Waals surface area contributed by atoms with Crippen molar-refractivity contribution in [3.05, 3.63) is 0 Å². The van der Waals surface area contributed by atoms with Gasteiger partial charge >= 0.3 is 384 Å². The number of ether oxygens (including phenoxy) is 7. The minimum Gasteiger partial charge on any atom is -0.726 e. The van der Waals surface area contributed by atoms with Gasteiger partial charge < -0.3 is 107 Å². The summed E-state index contributed by atoms with van der Waals surface area (Å²) in [6, 6.07) is -4.86. The minimum absolute atomic E-state index is 0. The van der Waals surface area contributed by atoms with Crippen LogP contribution in [0.2, 0.25) is 0 Å². The largest absolute Gasteiger partial charge is 1.00 e. The Morgan fingerprint density at radius 1 is 0.356 bits per heavy atom. The third-order valence-electron chi connectivity index (χ3n) is 10.7. The first kappa shape index (κ1) is 137. The number of hydrogen-bond donors (Lipinski definition) is 2. The Balaban J connectivity index is -0.000000850. The number of carbonyl (C=O) groups excluding carboxylic acids is 2. The van der Waals surface area contributed by atoms with E-state index in [2.05, 4.69) is 81.9 Å². The molecule has 0 aromatic carbocycles. The first-order valence-electron chi connectivity index (χ1n) is 21.6. The van der Waals surface area contributed by atoms with Crippen molar-refractivity contribution in [2.75, 3.05) is 13.2 Å². The average Bonchev–Trinajstić information content (AvgIpc) is 0.761. The zero-order chi connectivity index (χ0) is 68.1. The van der Waals surface area contributed by atoms with Gasteiger partial charge in [0, 0.05) is 0 Å². The minimum atomic E-state index is -6.51. The Morgan fingerprint density at radius 3 is 1.00 bits per heavy atom. The van der Waals surface area contributed by atoms with Crippen LogP contribution >= 0.6 is 73.8 Å². The van der Waals surface area contributed by atoms with Crippen LogP contribution in [0.25, 0.3) is 0 Å². The summed E-state index contributed by atoms with van der Waals surface area (Å²) in [6.07, 6.45) is -50.6. The summed E-state index contributed by atoms with van der Waals surface area (Å²) in [5, 5.41) is 110. The van der Waals surface area contributed by atoms with Gasteiger partial charge in [-0.15, -0.1) is 17.3 Å². The van der Waals surface area contributed by atoms with Crippen molar-refractivity contribution in [1.29, 1.82) is 0 Å². The van der Waals surface area contributed by atoms with E-state index in [4.69, 9.17) is 49.9 Å². The summed E-state index contributed by atoms with van der Waals surface area (Å²) in [5.74, 6) is -5.21. The third kappa shape index (κ3) is 51.1. The molecule has 79 heteroatoms. The molecular weight excluding hydrogens is 1830 g/mol. The summed E-state index contributed by atoms with van der Waals surface area (Å²) in [4.78, 5) is 25.9. The molecule has 4 saturated heterocycles. The van der Waals surface area contributed by atoms with Gasteiger partial charge in [-0.2, -0.15) is 8.67 Å². The van der Waals surface area contributed by atoms with Crippen molar-refractivity contribution in [3.8, 4) is 0 Å². The zero-order valence-corrected chi connectivity index (χ0v) is 90.1. The smallest absolute Gasteiger partial charge is 0.726 e. The molecule has 0 aromatic heterocycles. The molecule has 4 aliphatic heterocycles. The topological polar surface area (TPSA) is 787 Å². The second kappa shape index (κ2) is 70.2. The van der Waals surface area contributed by atoms with Crippen LogP contribution in [0.4, 0.5) is 0 Å². The van der Waals surface area contributed by atoms with Crippen LogP contribution in [0.1, 0.15) is 6.92 Å². The van der Waals surface area contributed by atoms with E-state index in [0.717, 1.165) is 0 Å². The summed E-state index contributed by atoms with van der Waals surface area (Å²) in [6.45, 7) is -2.88. The number of rotatable bonds is 44. The van der Waals surface area contributed by atoms with E-state index in [1.54, 1.807) is 0 Å². The molecule has 0 saturated carbocycles. The summed E-state index contributed by atoms with van der Waals surface area (Å²) < 4.78 is 290. The predicted molar refractivity (Wildman–Crippen MR) is 232 cm³/mol. The molecule has 55 nitrogen and oxygen atoms in total. The quantitative estimate of drug-likeness (QED) is 0.00836. The van der Waals surface area contributed by atoms with Crippen LogP contribution in [0.5, 0.6) is 0 Å². The van der Waals surface area contributed by atoms with Gasteiger partial charge in [-0.1, -0.05) is 0 Å². The van der Waals surface area contributed by atoms with Crippen LogP contribution in [0.3, 0.4) is 0 Å². The van der Waals surface area contributed by atoms with Crippen LogP contribution in [-0.2, 0) is 189 Å². The first-order chi connectivity index (χ1) is 42.6. The maximum Gasteiger partial charge on any atom is 1.00 e. The van der Waals surface area contributed by atoms with Crippen LogP contribution in [0.15, 0.2) is 0 Å². The Bertz CT molecular complexity index is 2840. The Hall–Kier alpha value is 12.1. The molecule has 0 bridgehead atoms. The molecule has 4 fully saturated rings. The number of hydrogen-bond acceptors (Lipinski definition) is 61. The summed E-state index contributed by atoms with van der Waals surface area (Å²) in [7, 11) is -30.9. The molecule has 0 aromatic rings. The SMILES string of the molecule is C[C@H]1O[C@@H](C(=O)[O-])[C@@H](O[C@@H]2OC(COS(=O)(=O)[O-])[C@H](O[C@@H]3OC(C(=O)[O-])[C@H](O[C@@H]4OC(COS(=O)(=O)[O-])[C@H](OSOO[O-])[C@H](OSOO[O-])C4NSOO[O-])[C@H](OSOO[O-])C3OS(=O)(=O)[O-])[C@H](OSOO[O-])C2NSOO[O-])C(OS(=O)(=O)[O-])C1OS(=O)(=O)[O-].[Na+].[Na+].[Na+].[Na+].[Na+].[Na+].[Na+].[Na+].[Na+].[Na+].[Na+].[Na+].[Na+]. The molecule has 20 atom stereocenters. The van der Waals surface area contributed by atoms with Gasteiger partial charge in [-0.25, -0.2) is 51.5 Å². The molecular formula is C25H29N2Na13O53S11. The van der Waals surface area contributed by atoms with Crippen LogP contribution in [0, 0.1) is 0 Å². The van der Waals surface area contributed by atoms with Crippen molar-refractivity contribution in [3.63, 3.8) is 0 Å². The van der Waals surface area contributed by atoms with Gasteiger partial charge in [0.1, 0.15) is 116 Å². The third-order valence-corrected chi connectivity index (χ3v) is 15.5. The van der Waals surface area contributed by atoms with Crippen LogP contribution < -0.4 is 435 Å². The van der Waals surface area contributed by atoms with Gasteiger partial charge in [0.2, 0.25) is 52.0 Å². The van der Waals surface area contributed by atoms with E-state index in [1.165, 1.54) is 0 Å². The van der Waals surface area contributed by atoms with E-state index >= 15 is 0 Å². The van der Waals surface area contributed by atoms with E-state index in [9.17, 15) is 116 Å². The van der Waals surface area contributed by atoms with Gasteiger partial charge in [0.05, 0.1) is 31.3 Å². The molecule has 104 heavy (non-hydrogen) atoms. The molecule has 4 rings (SSSR count). The molecule has 0 radical (unpaired) electrons. The molecule has 0 aliphatic carbocycles. The first-order valence-corrected chi connectivity index (χ1v) is 32.5. The summed E-state index contributed by atoms with van der Waals surface area (Å²) >= 11 is -3.28. The Morgan fingerprint density at radius 2 is 0.654 bits per heavy atom. The number of carboxylic acids is 2. The van der Waals surface area contributed by atoms with E-state index in [1.807, 2.05) is 4.72 Å². The van der Waals surface area contributed by atoms with Crippen molar-refractivity contribution < 1.29 is 627 Å². The molecule has 0 spiro atoms. The molecule has 2 N–H and O–H groups in total. The fourth-order valence-electron chi connectivity index (χ4n) is 7.78. The molecule has 4 aliphatic rings. The number of carboxylic acid groups (broad SMARTS) is 2. The average molecular weight is 1860 g/mol. The Labute approximate surface area is 899 Å². The molecule has 8 unspecified atom stereocenters. The number of carbonyl (C=O) groups is 2. The zero-order valence-electron chi connectivity index (χ0n) is 55.1. The molecule has 0 amide bonds. The monoisotopic (exact) mass is 1860 g/mol. The second-order valence-electron chi connectivity index (χ2n) is 15.8.